The highest BCUT2D eigenvalue weighted by Gasteiger charge is 2.02. The molecule has 2 radical (unpaired) electrons. The lowest BCUT2D eigenvalue weighted by Gasteiger charge is -2.05. The van der Waals surface area contributed by atoms with Crippen molar-refractivity contribution >= 4 is 47.3 Å². The molecule has 22 heavy (non-hydrogen) atoms. The first kappa shape index (κ1) is 22.4. The molecule has 128 valence electrons. The number of hydrogen-bond donors (Lipinski definition) is 0. The number of ether oxygens (including phenoxy) is 1. The van der Waals surface area contributed by atoms with Crippen LogP contribution in [0.1, 0.15) is 71.1 Å². The predicted octanol–water partition coefficient (Wildman–Crippen LogP) is 6.20. The van der Waals surface area contributed by atoms with Crippen LogP contribution in [-0.2, 0) is 9.53 Å². The fourth-order valence-corrected chi connectivity index (χ4v) is 4.19. The van der Waals surface area contributed by atoms with Gasteiger partial charge in [0.1, 0.15) is 0 Å². The van der Waals surface area contributed by atoms with E-state index in [2.05, 4.69) is 38.4 Å². The molecular formula is C17H30Br2O2Si. The van der Waals surface area contributed by atoms with Crippen LogP contribution in [0.3, 0.4) is 0 Å². The van der Waals surface area contributed by atoms with Crippen LogP contribution in [0.25, 0.3) is 0 Å². The van der Waals surface area contributed by atoms with Crippen molar-refractivity contribution in [3.63, 3.8) is 0 Å². The minimum Gasteiger partial charge on any atom is -0.462 e. The summed E-state index contributed by atoms with van der Waals surface area (Å²) in [5.41, 5.74) is 0.486. The number of carbonyl (C=O) groups is 1. The fourth-order valence-electron chi connectivity index (χ4n) is 2.14. The minimum absolute atomic E-state index is 0.261. The quantitative estimate of drug-likeness (QED) is 0.0968. The van der Waals surface area contributed by atoms with E-state index in [0.717, 1.165) is 22.4 Å². The lowest BCUT2D eigenvalue weighted by atomic mass is 10.1. The van der Waals surface area contributed by atoms with Gasteiger partial charge in [0.2, 0.25) is 0 Å². The largest absolute Gasteiger partial charge is 0.462 e. The number of alkyl halides is 2. The fraction of sp³-hybridized carbons (Fsp3) is 0.824. The van der Waals surface area contributed by atoms with Crippen LogP contribution in [0, 0.1) is 0 Å². The van der Waals surface area contributed by atoms with Gasteiger partial charge in [0.15, 0.2) is 0 Å². The Labute approximate surface area is 155 Å². The summed E-state index contributed by atoms with van der Waals surface area (Å²) in [5.74, 6) is -0.261. The molecule has 0 saturated heterocycles. The second-order valence-electron chi connectivity index (χ2n) is 5.71. The van der Waals surface area contributed by atoms with Gasteiger partial charge in [-0.3, -0.25) is 0 Å². The molecule has 0 aromatic rings. The van der Waals surface area contributed by atoms with E-state index >= 15 is 0 Å². The van der Waals surface area contributed by atoms with E-state index in [-0.39, 0.29) is 5.97 Å². The van der Waals surface area contributed by atoms with Crippen molar-refractivity contribution in [1.29, 1.82) is 0 Å². The average molecular weight is 454 g/mol. The topological polar surface area (TPSA) is 26.3 Å². The van der Waals surface area contributed by atoms with Gasteiger partial charge in [-0.25, -0.2) is 4.79 Å². The molecule has 0 aliphatic carbocycles. The third-order valence-corrected chi connectivity index (χ3v) is 6.34. The Morgan fingerprint density at radius 2 is 1.41 bits per heavy atom. The van der Waals surface area contributed by atoms with Crippen LogP contribution in [-0.4, -0.2) is 25.5 Å². The smallest absolute Gasteiger partial charge is 0.333 e. The lowest BCUT2D eigenvalue weighted by Crippen LogP contribution is -2.05. The summed E-state index contributed by atoms with van der Waals surface area (Å²) in [6.45, 7) is 5.79. The van der Waals surface area contributed by atoms with Crippen LogP contribution in [0.2, 0.25) is 6.04 Å². The van der Waals surface area contributed by atoms with Crippen molar-refractivity contribution in [1.82, 2.24) is 0 Å². The third-order valence-electron chi connectivity index (χ3n) is 3.45. The second-order valence-corrected chi connectivity index (χ2v) is 11.9. The molecule has 0 saturated carbocycles. The highest BCUT2D eigenvalue weighted by atomic mass is 79.9. The highest BCUT2D eigenvalue weighted by molar-refractivity contribution is 9.25. The van der Waals surface area contributed by atoms with Crippen molar-refractivity contribution < 1.29 is 9.53 Å². The molecule has 0 aliphatic heterocycles. The van der Waals surface area contributed by atoms with E-state index in [1.165, 1.54) is 57.4 Å². The van der Waals surface area contributed by atoms with Crippen LogP contribution < -0.4 is 0 Å². The molecule has 0 aromatic carbocycles. The molecular weight excluding hydrogens is 424 g/mol. The van der Waals surface area contributed by atoms with Gasteiger partial charge in [0, 0.05) is 5.57 Å². The van der Waals surface area contributed by atoms with E-state index in [1.54, 1.807) is 6.92 Å². The highest BCUT2D eigenvalue weighted by Crippen LogP contribution is 2.13. The van der Waals surface area contributed by atoms with Gasteiger partial charge in [-0.2, -0.15) is 0 Å². The number of carbonyl (C=O) groups excluding carboxylic acids is 1. The lowest BCUT2D eigenvalue weighted by molar-refractivity contribution is -0.139. The summed E-state index contributed by atoms with van der Waals surface area (Å²) in [7, 11) is 0.994. The van der Waals surface area contributed by atoms with Crippen molar-refractivity contribution in [3.05, 3.63) is 12.2 Å². The first-order chi connectivity index (χ1) is 10.5. The summed E-state index contributed by atoms with van der Waals surface area (Å²) in [5, 5.41) is 0. The van der Waals surface area contributed by atoms with E-state index in [4.69, 9.17) is 4.74 Å². The summed E-state index contributed by atoms with van der Waals surface area (Å²) < 4.78 is 5.58. The number of halogens is 2. The molecule has 0 spiro atoms. The van der Waals surface area contributed by atoms with Gasteiger partial charge in [-0.15, -0.1) is 0 Å². The monoisotopic (exact) mass is 452 g/mol. The van der Waals surface area contributed by atoms with Gasteiger partial charge >= 0.3 is 5.97 Å². The molecule has 2 nitrogen and oxygen atoms in total. The SMILES string of the molecule is C=C(C)C(=O)OCCCCCCCCCCCC[Si]C(Br)Br. The third kappa shape index (κ3) is 16.8. The van der Waals surface area contributed by atoms with Gasteiger partial charge < -0.3 is 4.74 Å². The minimum atomic E-state index is -0.261. The molecule has 5 heteroatoms. The van der Waals surface area contributed by atoms with Crippen molar-refractivity contribution in [2.45, 2.75) is 80.5 Å². The molecule has 0 aromatic heterocycles. The molecule has 0 amide bonds. The van der Waals surface area contributed by atoms with Gasteiger partial charge in [0.05, 0.1) is 19.5 Å². The second kappa shape index (κ2) is 16.3. The Bertz CT molecular complexity index is 296. The molecule has 0 bridgehead atoms. The Balaban J connectivity index is 3.08. The number of hydrogen-bond acceptors (Lipinski definition) is 2. The maximum absolute atomic E-state index is 11.2. The van der Waals surface area contributed by atoms with E-state index in [9.17, 15) is 4.79 Å². The zero-order valence-electron chi connectivity index (χ0n) is 13.8. The van der Waals surface area contributed by atoms with Crippen LogP contribution in [0.5, 0.6) is 0 Å². The zero-order chi connectivity index (χ0) is 16.6. The Morgan fingerprint density at radius 3 is 1.86 bits per heavy atom. The Kier molecular flexibility index (Phi) is 16.5. The first-order valence-electron chi connectivity index (χ1n) is 8.38. The first-order valence-corrected chi connectivity index (χ1v) is 11.5. The molecule has 0 unspecified atom stereocenters. The normalized spacial score (nSPS) is 10.9. The van der Waals surface area contributed by atoms with E-state index < -0.39 is 0 Å². The zero-order valence-corrected chi connectivity index (χ0v) is 18.0. The molecule has 0 atom stereocenters. The summed E-state index contributed by atoms with van der Waals surface area (Å²) >= 11 is 7.04. The van der Waals surface area contributed by atoms with Crippen molar-refractivity contribution in [3.8, 4) is 0 Å². The molecule has 0 fully saturated rings. The van der Waals surface area contributed by atoms with E-state index in [0.29, 0.717) is 15.5 Å². The van der Waals surface area contributed by atoms with E-state index in [1.807, 2.05) is 0 Å². The molecule has 0 rings (SSSR count). The van der Waals surface area contributed by atoms with Crippen LogP contribution in [0.4, 0.5) is 0 Å². The number of rotatable bonds is 15. The average Bonchev–Trinajstić information content (AvgIpc) is 2.46. The van der Waals surface area contributed by atoms with Gasteiger partial charge in [-0.1, -0.05) is 102 Å². The summed E-state index contributed by atoms with van der Waals surface area (Å²) in [6.07, 6.45) is 12.9. The summed E-state index contributed by atoms with van der Waals surface area (Å²) in [6, 6.07) is 1.34. The van der Waals surface area contributed by atoms with Gasteiger partial charge in [0.25, 0.3) is 0 Å². The Morgan fingerprint density at radius 1 is 0.955 bits per heavy atom. The van der Waals surface area contributed by atoms with Crippen LogP contribution in [0.15, 0.2) is 12.2 Å². The number of unbranched alkanes of at least 4 members (excludes halogenated alkanes) is 9. The molecule has 0 heterocycles. The Hall–Kier alpha value is 0.387. The number of esters is 1. The van der Waals surface area contributed by atoms with Gasteiger partial charge in [-0.05, 0) is 13.3 Å². The van der Waals surface area contributed by atoms with Crippen molar-refractivity contribution in [2.24, 2.45) is 0 Å². The van der Waals surface area contributed by atoms with Crippen molar-refractivity contribution in [2.75, 3.05) is 6.61 Å². The summed E-state index contributed by atoms with van der Waals surface area (Å²) in [4.78, 5) is 11.2. The molecule has 0 aliphatic rings. The van der Waals surface area contributed by atoms with Crippen LogP contribution >= 0.6 is 31.9 Å². The maximum Gasteiger partial charge on any atom is 0.333 e. The molecule has 0 N–H and O–H groups in total. The standard InChI is InChI=1S/C17H30Br2O2Si/c1-15(2)16(20)21-13-11-9-7-5-3-4-6-8-10-12-14-22-17(18)19/h17H,1,3-14H2,2H3. The predicted molar refractivity (Wildman–Crippen MR) is 104 cm³/mol. The maximum atomic E-state index is 11.2.